The molecule has 0 atom stereocenters. The molecule has 0 radical (unpaired) electrons. The molecule has 0 aliphatic heterocycles. The first-order valence-corrected chi connectivity index (χ1v) is 6.41. The van der Waals surface area contributed by atoms with E-state index in [0.717, 1.165) is 16.6 Å². The quantitative estimate of drug-likeness (QED) is 0.417. The van der Waals surface area contributed by atoms with Crippen LogP contribution in [0, 0.1) is 17.1 Å². The highest BCUT2D eigenvalue weighted by molar-refractivity contribution is 5.84. The van der Waals surface area contributed by atoms with E-state index in [4.69, 9.17) is 5.53 Å². The van der Waals surface area contributed by atoms with Crippen LogP contribution in [0.15, 0.2) is 47.7 Å². The van der Waals surface area contributed by atoms with Crippen LogP contribution in [0.4, 0.5) is 4.39 Å². The standard InChI is InChI=1S/C15H9FN6/c16-12-4-2-11(3-5-12)15-13(7-17)20-22-9-10(8-19-21-18)1-6-14(15)22/h1-6,9H,8H2. The van der Waals surface area contributed by atoms with Crippen LogP contribution in [0.25, 0.3) is 27.1 Å². The Morgan fingerprint density at radius 3 is 2.73 bits per heavy atom. The van der Waals surface area contributed by atoms with E-state index in [9.17, 15) is 9.65 Å². The first-order valence-electron chi connectivity index (χ1n) is 6.41. The molecule has 0 bridgehead atoms. The average Bonchev–Trinajstić information content (AvgIpc) is 2.91. The van der Waals surface area contributed by atoms with Crippen LogP contribution in [0.5, 0.6) is 0 Å². The predicted octanol–water partition coefficient (Wildman–Crippen LogP) is 3.82. The summed E-state index contributed by atoms with van der Waals surface area (Å²) in [6.07, 6.45) is 1.71. The van der Waals surface area contributed by atoms with Gasteiger partial charge >= 0.3 is 0 Å². The Bertz CT molecular complexity index is 929. The number of aromatic nitrogens is 2. The summed E-state index contributed by atoms with van der Waals surface area (Å²) in [7, 11) is 0. The van der Waals surface area contributed by atoms with E-state index in [1.165, 1.54) is 12.1 Å². The van der Waals surface area contributed by atoms with Crippen LogP contribution in [0.2, 0.25) is 0 Å². The Morgan fingerprint density at radius 2 is 2.05 bits per heavy atom. The highest BCUT2D eigenvalue weighted by atomic mass is 19.1. The SMILES string of the molecule is N#Cc1nn2cc(CN=[N+]=[N-])ccc2c1-c1ccc(F)cc1. The third kappa shape index (κ3) is 2.35. The molecule has 0 fully saturated rings. The van der Waals surface area contributed by atoms with Gasteiger partial charge in [0.1, 0.15) is 11.9 Å². The normalized spacial score (nSPS) is 10.2. The second-order valence-corrected chi connectivity index (χ2v) is 4.60. The Balaban J connectivity index is 2.19. The van der Waals surface area contributed by atoms with Gasteiger partial charge in [0.2, 0.25) is 0 Å². The molecule has 3 rings (SSSR count). The third-order valence-corrected chi connectivity index (χ3v) is 3.25. The Hall–Kier alpha value is -3.36. The molecule has 0 saturated heterocycles. The zero-order valence-corrected chi connectivity index (χ0v) is 11.3. The number of hydrogen-bond donors (Lipinski definition) is 0. The van der Waals surface area contributed by atoms with Crippen molar-refractivity contribution >= 4 is 5.52 Å². The first-order chi connectivity index (χ1) is 10.7. The highest BCUT2D eigenvalue weighted by Crippen LogP contribution is 2.28. The van der Waals surface area contributed by atoms with Crippen molar-refractivity contribution in [2.24, 2.45) is 5.11 Å². The number of halogens is 1. The van der Waals surface area contributed by atoms with Gasteiger partial charge < -0.3 is 0 Å². The zero-order valence-electron chi connectivity index (χ0n) is 11.3. The van der Waals surface area contributed by atoms with Crippen LogP contribution in [-0.2, 0) is 6.54 Å². The number of benzene rings is 1. The molecule has 0 saturated carbocycles. The van der Waals surface area contributed by atoms with E-state index >= 15 is 0 Å². The van der Waals surface area contributed by atoms with Gasteiger partial charge in [-0.25, -0.2) is 8.91 Å². The van der Waals surface area contributed by atoms with Crippen molar-refractivity contribution in [2.45, 2.75) is 6.54 Å². The maximum absolute atomic E-state index is 13.1. The van der Waals surface area contributed by atoms with Gasteiger partial charge in [-0.05, 0) is 34.9 Å². The van der Waals surface area contributed by atoms with Crippen molar-refractivity contribution in [3.05, 3.63) is 70.1 Å². The summed E-state index contributed by atoms with van der Waals surface area (Å²) in [4.78, 5) is 2.71. The largest absolute Gasteiger partial charge is 0.239 e. The maximum Gasteiger partial charge on any atom is 0.171 e. The van der Waals surface area contributed by atoms with E-state index < -0.39 is 0 Å². The summed E-state index contributed by atoms with van der Waals surface area (Å²) in [5, 5.41) is 17.0. The number of azide groups is 1. The van der Waals surface area contributed by atoms with Crippen LogP contribution in [0.1, 0.15) is 11.3 Å². The van der Waals surface area contributed by atoms with Crippen LogP contribution in [0.3, 0.4) is 0 Å². The molecular formula is C15H9FN6. The van der Waals surface area contributed by atoms with Gasteiger partial charge in [0, 0.05) is 16.7 Å². The minimum atomic E-state index is -0.338. The smallest absolute Gasteiger partial charge is 0.171 e. The molecular weight excluding hydrogens is 283 g/mol. The molecule has 2 aromatic heterocycles. The zero-order chi connectivity index (χ0) is 15.5. The van der Waals surface area contributed by atoms with Crippen LogP contribution < -0.4 is 0 Å². The molecule has 0 aliphatic rings. The Kier molecular flexibility index (Phi) is 3.44. The van der Waals surface area contributed by atoms with E-state index in [2.05, 4.69) is 21.2 Å². The Labute approximate surface area is 124 Å². The monoisotopic (exact) mass is 292 g/mol. The molecule has 7 heteroatoms. The summed E-state index contributed by atoms with van der Waals surface area (Å²) in [5.41, 5.74) is 11.5. The highest BCUT2D eigenvalue weighted by Gasteiger charge is 2.14. The molecule has 106 valence electrons. The van der Waals surface area contributed by atoms with Crippen molar-refractivity contribution < 1.29 is 4.39 Å². The van der Waals surface area contributed by atoms with Gasteiger partial charge in [0.05, 0.1) is 12.1 Å². The van der Waals surface area contributed by atoms with Crippen molar-refractivity contribution in [2.75, 3.05) is 0 Å². The summed E-state index contributed by atoms with van der Waals surface area (Å²) >= 11 is 0. The van der Waals surface area contributed by atoms with Crippen molar-refractivity contribution in [1.29, 1.82) is 5.26 Å². The lowest BCUT2D eigenvalue weighted by Crippen LogP contribution is -1.90. The summed E-state index contributed by atoms with van der Waals surface area (Å²) in [6, 6.07) is 11.6. The summed E-state index contributed by atoms with van der Waals surface area (Å²) in [5.74, 6) is -0.338. The second kappa shape index (κ2) is 5.56. The molecule has 3 aromatic rings. The molecule has 0 aliphatic carbocycles. The van der Waals surface area contributed by atoms with E-state index in [1.54, 1.807) is 35.0 Å². The predicted molar refractivity (Wildman–Crippen MR) is 78.2 cm³/mol. The van der Waals surface area contributed by atoms with Gasteiger partial charge in [-0.3, -0.25) is 0 Å². The fourth-order valence-electron chi connectivity index (χ4n) is 2.28. The lowest BCUT2D eigenvalue weighted by molar-refractivity contribution is 0.628. The molecule has 0 amide bonds. The third-order valence-electron chi connectivity index (χ3n) is 3.25. The topological polar surface area (TPSA) is 89.9 Å². The molecule has 2 heterocycles. The maximum atomic E-state index is 13.1. The van der Waals surface area contributed by atoms with Crippen molar-refractivity contribution in [3.8, 4) is 17.2 Å². The number of nitrogens with zero attached hydrogens (tertiary/aromatic N) is 6. The van der Waals surface area contributed by atoms with Gasteiger partial charge in [0.25, 0.3) is 0 Å². The Morgan fingerprint density at radius 1 is 1.27 bits per heavy atom. The lowest BCUT2D eigenvalue weighted by Gasteiger charge is -2.01. The van der Waals surface area contributed by atoms with Gasteiger partial charge in [0.15, 0.2) is 5.69 Å². The molecule has 0 spiro atoms. The molecule has 1 aromatic carbocycles. The number of pyridine rings is 1. The lowest BCUT2D eigenvalue weighted by atomic mass is 10.0. The molecule has 6 nitrogen and oxygen atoms in total. The number of hydrogen-bond acceptors (Lipinski definition) is 3. The van der Waals surface area contributed by atoms with Crippen molar-refractivity contribution in [3.63, 3.8) is 0 Å². The van der Waals surface area contributed by atoms with E-state index in [1.807, 2.05) is 0 Å². The second-order valence-electron chi connectivity index (χ2n) is 4.60. The van der Waals surface area contributed by atoms with Crippen molar-refractivity contribution in [1.82, 2.24) is 9.61 Å². The fraction of sp³-hybridized carbons (Fsp3) is 0.0667. The molecule has 0 unspecified atom stereocenters. The number of nitriles is 1. The van der Waals surface area contributed by atoms with Crippen LogP contribution >= 0.6 is 0 Å². The van der Waals surface area contributed by atoms with E-state index in [0.29, 0.717) is 5.56 Å². The summed E-state index contributed by atoms with van der Waals surface area (Å²) < 4.78 is 14.6. The number of fused-ring (bicyclic) bond motifs is 1. The fourth-order valence-corrected chi connectivity index (χ4v) is 2.28. The minimum absolute atomic E-state index is 0.208. The minimum Gasteiger partial charge on any atom is -0.239 e. The van der Waals surface area contributed by atoms with Crippen LogP contribution in [-0.4, -0.2) is 9.61 Å². The van der Waals surface area contributed by atoms with Gasteiger partial charge in [-0.2, -0.15) is 10.4 Å². The number of rotatable bonds is 3. The average molecular weight is 292 g/mol. The van der Waals surface area contributed by atoms with Gasteiger partial charge in [-0.1, -0.05) is 23.3 Å². The first kappa shape index (κ1) is 13.6. The molecule has 22 heavy (non-hydrogen) atoms. The molecule has 0 N–H and O–H groups in total. The summed E-state index contributed by atoms with van der Waals surface area (Å²) in [6.45, 7) is 0.208. The van der Waals surface area contributed by atoms with E-state index in [-0.39, 0.29) is 18.1 Å². The van der Waals surface area contributed by atoms with Gasteiger partial charge in [-0.15, -0.1) is 0 Å².